The summed E-state index contributed by atoms with van der Waals surface area (Å²) >= 11 is 0. The molecule has 1 N–H and O–H groups in total. The number of hydrogen-bond acceptors (Lipinski definition) is 4. The fourth-order valence-corrected chi connectivity index (χ4v) is 4.64. The molecule has 1 heterocycles. The van der Waals surface area contributed by atoms with E-state index >= 15 is 0 Å². The van der Waals surface area contributed by atoms with Gasteiger partial charge in [0.1, 0.15) is 0 Å². The van der Waals surface area contributed by atoms with Crippen LogP contribution in [0.15, 0.2) is 47.4 Å². The van der Waals surface area contributed by atoms with Crippen molar-refractivity contribution in [3.8, 4) is 0 Å². The minimum absolute atomic E-state index is 0.0854. The largest absolute Gasteiger partial charge is 0.377 e. The van der Waals surface area contributed by atoms with Crippen molar-refractivity contribution >= 4 is 21.4 Å². The number of morpholine rings is 1. The van der Waals surface area contributed by atoms with Gasteiger partial charge in [0, 0.05) is 17.9 Å². The zero-order valence-corrected chi connectivity index (χ0v) is 16.6. The average molecular weight is 375 g/mol. The summed E-state index contributed by atoms with van der Waals surface area (Å²) < 4.78 is 33.7. The summed E-state index contributed by atoms with van der Waals surface area (Å²) in [5.74, 6) is 0. The van der Waals surface area contributed by atoms with Crippen LogP contribution in [-0.2, 0) is 14.8 Å². The van der Waals surface area contributed by atoms with Crippen LogP contribution in [0.3, 0.4) is 0 Å². The molecule has 26 heavy (non-hydrogen) atoms. The van der Waals surface area contributed by atoms with Crippen molar-refractivity contribution in [2.75, 3.05) is 29.4 Å². The van der Waals surface area contributed by atoms with E-state index in [0.717, 1.165) is 23.4 Å². The van der Waals surface area contributed by atoms with Crippen LogP contribution in [0.25, 0.3) is 0 Å². The number of nitrogens with one attached hydrogen (secondary N) is 1. The van der Waals surface area contributed by atoms with Gasteiger partial charge < -0.3 is 9.64 Å². The summed E-state index contributed by atoms with van der Waals surface area (Å²) in [5.41, 5.74) is 3.18. The van der Waals surface area contributed by atoms with E-state index in [1.165, 1.54) is 0 Å². The van der Waals surface area contributed by atoms with Crippen molar-refractivity contribution in [3.63, 3.8) is 0 Å². The lowest BCUT2D eigenvalue weighted by molar-refractivity contribution is 0.0644. The molecule has 2 aromatic rings. The van der Waals surface area contributed by atoms with Crippen molar-refractivity contribution in [2.45, 2.75) is 38.1 Å². The molecule has 0 aliphatic carbocycles. The molecule has 1 saturated heterocycles. The van der Waals surface area contributed by atoms with Gasteiger partial charge in [-0.15, -0.1) is 0 Å². The van der Waals surface area contributed by atoms with Crippen molar-refractivity contribution in [1.29, 1.82) is 0 Å². The predicted octanol–water partition coefficient (Wildman–Crippen LogP) is 3.72. The minimum Gasteiger partial charge on any atom is -0.377 e. The number of benzene rings is 2. The molecule has 5 nitrogen and oxygen atoms in total. The third-order valence-electron chi connectivity index (χ3n) is 4.71. The highest BCUT2D eigenvalue weighted by Gasteiger charge is 2.30. The van der Waals surface area contributed by atoms with Gasteiger partial charge in [0.15, 0.2) is 0 Å². The molecule has 2 aromatic carbocycles. The molecule has 6 heteroatoms. The van der Waals surface area contributed by atoms with E-state index in [0.29, 0.717) is 23.8 Å². The third kappa shape index (κ3) is 3.86. The molecule has 0 saturated carbocycles. The molecule has 140 valence electrons. The number of hydrogen-bond donors (Lipinski definition) is 1. The Hall–Kier alpha value is -2.05. The Morgan fingerprint density at radius 2 is 1.77 bits per heavy atom. The Labute approximate surface area is 156 Å². The second-order valence-corrected chi connectivity index (χ2v) is 9.09. The number of ether oxygens (including phenoxy) is 1. The van der Waals surface area contributed by atoms with E-state index in [-0.39, 0.29) is 5.54 Å². The van der Waals surface area contributed by atoms with Crippen LogP contribution in [0, 0.1) is 13.8 Å². The van der Waals surface area contributed by atoms with Crippen molar-refractivity contribution in [1.82, 2.24) is 0 Å². The summed E-state index contributed by atoms with van der Waals surface area (Å²) in [6.45, 7) is 10.2. The molecule has 0 bridgehead atoms. The molecule has 0 atom stereocenters. The fraction of sp³-hybridized carbons (Fsp3) is 0.400. The van der Waals surface area contributed by atoms with Crippen molar-refractivity contribution in [3.05, 3.63) is 53.6 Å². The SMILES string of the molecule is Cc1ccc(C)c(S(=O)(=O)Nc2ccc(N3CCOCC3(C)C)cc2)c1. The Bertz CT molecular complexity index is 890. The first kappa shape index (κ1) is 18.7. The van der Waals surface area contributed by atoms with E-state index in [9.17, 15) is 8.42 Å². The zero-order chi connectivity index (χ0) is 18.9. The van der Waals surface area contributed by atoms with E-state index in [1.54, 1.807) is 13.0 Å². The summed E-state index contributed by atoms with van der Waals surface area (Å²) in [4.78, 5) is 2.61. The van der Waals surface area contributed by atoms with Crippen LogP contribution in [0.1, 0.15) is 25.0 Å². The van der Waals surface area contributed by atoms with Crippen molar-refractivity contribution in [2.24, 2.45) is 0 Å². The monoisotopic (exact) mass is 374 g/mol. The van der Waals surface area contributed by atoms with Gasteiger partial charge in [-0.05, 0) is 69.2 Å². The molecule has 0 aromatic heterocycles. The maximum Gasteiger partial charge on any atom is 0.262 e. The molecule has 1 aliphatic rings. The molecule has 3 rings (SSSR count). The Morgan fingerprint density at radius 3 is 2.42 bits per heavy atom. The van der Waals surface area contributed by atoms with Gasteiger partial charge in [-0.1, -0.05) is 12.1 Å². The fourth-order valence-electron chi connectivity index (χ4n) is 3.25. The normalized spacial score (nSPS) is 17.2. The molecule has 0 radical (unpaired) electrons. The molecular weight excluding hydrogens is 348 g/mol. The highest BCUT2D eigenvalue weighted by molar-refractivity contribution is 7.92. The van der Waals surface area contributed by atoms with Gasteiger partial charge in [-0.2, -0.15) is 0 Å². The molecule has 0 spiro atoms. The lowest BCUT2D eigenvalue weighted by Gasteiger charge is -2.43. The number of anilines is 2. The average Bonchev–Trinajstić information content (AvgIpc) is 2.57. The van der Waals surface area contributed by atoms with Gasteiger partial charge in [-0.3, -0.25) is 4.72 Å². The summed E-state index contributed by atoms with van der Waals surface area (Å²) in [6.07, 6.45) is 0. The smallest absolute Gasteiger partial charge is 0.262 e. The quantitative estimate of drug-likeness (QED) is 0.886. The van der Waals surface area contributed by atoms with Gasteiger partial charge in [-0.25, -0.2) is 8.42 Å². The predicted molar refractivity (Wildman–Crippen MR) is 105 cm³/mol. The Kier molecular flexibility index (Phi) is 4.99. The lowest BCUT2D eigenvalue weighted by atomic mass is 10.0. The van der Waals surface area contributed by atoms with Crippen molar-refractivity contribution < 1.29 is 13.2 Å². The first-order chi connectivity index (χ1) is 12.2. The topological polar surface area (TPSA) is 58.6 Å². The van der Waals surface area contributed by atoms with E-state index < -0.39 is 10.0 Å². The number of nitrogens with zero attached hydrogens (tertiary/aromatic N) is 1. The van der Waals surface area contributed by atoms with Gasteiger partial charge in [0.05, 0.1) is 23.6 Å². The molecular formula is C20H26N2O3S. The third-order valence-corrected chi connectivity index (χ3v) is 6.23. The Morgan fingerprint density at radius 1 is 1.08 bits per heavy atom. The van der Waals surface area contributed by atoms with Crippen LogP contribution in [0.5, 0.6) is 0 Å². The summed E-state index contributed by atoms with van der Waals surface area (Å²) in [6, 6.07) is 13.0. The Balaban J connectivity index is 1.82. The van der Waals surface area contributed by atoms with Gasteiger partial charge in [0.25, 0.3) is 10.0 Å². The molecule has 0 unspecified atom stereocenters. The van der Waals surface area contributed by atoms with E-state index in [1.807, 2.05) is 43.3 Å². The number of aryl methyl sites for hydroxylation is 2. The first-order valence-electron chi connectivity index (χ1n) is 8.75. The summed E-state index contributed by atoms with van der Waals surface area (Å²) in [7, 11) is -3.61. The van der Waals surface area contributed by atoms with Crippen LogP contribution < -0.4 is 9.62 Å². The van der Waals surface area contributed by atoms with Crippen LogP contribution in [0.2, 0.25) is 0 Å². The van der Waals surface area contributed by atoms with Crippen LogP contribution >= 0.6 is 0 Å². The van der Waals surface area contributed by atoms with E-state index in [4.69, 9.17) is 4.74 Å². The van der Waals surface area contributed by atoms with E-state index in [2.05, 4.69) is 23.5 Å². The maximum atomic E-state index is 12.7. The highest BCUT2D eigenvalue weighted by Crippen LogP contribution is 2.29. The van der Waals surface area contributed by atoms with Crippen LogP contribution in [0.4, 0.5) is 11.4 Å². The lowest BCUT2D eigenvalue weighted by Crippen LogP contribution is -2.53. The molecule has 0 amide bonds. The molecule has 1 fully saturated rings. The highest BCUT2D eigenvalue weighted by atomic mass is 32.2. The molecule has 1 aliphatic heterocycles. The van der Waals surface area contributed by atoms with Gasteiger partial charge in [0.2, 0.25) is 0 Å². The number of sulfonamides is 1. The minimum atomic E-state index is -3.61. The number of rotatable bonds is 4. The summed E-state index contributed by atoms with van der Waals surface area (Å²) in [5, 5.41) is 0. The second-order valence-electron chi connectivity index (χ2n) is 7.44. The maximum absolute atomic E-state index is 12.7. The first-order valence-corrected chi connectivity index (χ1v) is 10.2. The zero-order valence-electron chi connectivity index (χ0n) is 15.7. The van der Waals surface area contributed by atoms with Crippen LogP contribution in [-0.4, -0.2) is 33.7 Å². The van der Waals surface area contributed by atoms with Gasteiger partial charge >= 0.3 is 0 Å². The second kappa shape index (κ2) is 6.93. The standard InChI is InChI=1S/C20H26N2O3S/c1-15-5-6-16(2)19(13-15)26(23,24)21-17-7-9-18(10-8-17)22-11-12-25-14-20(22,3)4/h5-10,13,21H,11-12,14H2,1-4H3.